The zero-order valence-electron chi connectivity index (χ0n) is 28.4. The largest absolute Gasteiger partial charge is 0.446 e. The monoisotopic (exact) mass is 711 g/mol. The molecular weight excluding hydrogens is 667 g/mol. The first-order chi connectivity index (χ1) is 23.2. The molecule has 3 N–H and O–H groups in total. The molecule has 6 rings (SSSR count). The number of hydrogen-bond acceptors (Lipinski definition) is 9. The van der Waals surface area contributed by atoms with Crippen LogP contribution in [0.25, 0.3) is 10.6 Å². The number of benzene rings is 1. The molecule has 0 saturated heterocycles. The minimum absolute atomic E-state index is 0.0745. The van der Waals surface area contributed by atoms with Gasteiger partial charge < -0.3 is 15.0 Å². The summed E-state index contributed by atoms with van der Waals surface area (Å²) >= 11 is 1.49. The van der Waals surface area contributed by atoms with Gasteiger partial charge in [0.25, 0.3) is 5.91 Å². The van der Waals surface area contributed by atoms with Crippen LogP contribution in [0.3, 0.4) is 0 Å². The number of sulfonamides is 1. The molecule has 4 aliphatic rings. The number of nitrogens with one attached hydrogen (secondary N) is 3. The van der Waals surface area contributed by atoms with Crippen molar-refractivity contribution in [2.45, 2.75) is 94.9 Å². The van der Waals surface area contributed by atoms with Crippen molar-refractivity contribution in [1.29, 1.82) is 0 Å². The lowest BCUT2D eigenvalue weighted by Gasteiger charge is -2.27. The number of allylic oxidation sites excluding steroid dienone is 1. The summed E-state index contributed by atoms with van der Waals surface area (Å²) in [6, 6.07) is 5.70. The van der Waals surface area contributed by atoms with E-state index in [0.29, 0.717) is 25.1 Å². The Morgan fingerprint density at radius 2 is 1.92 bits per heavy atom. The molecule has 2 aromatic rings. The third-order valence-electron chi connectivity index (χ3n) is 10.5. The van der Waals surface area contributed by atoms with Crippen molar-refractivity contribution in [2.24, 2.45) is 17.8 Å². The highest BCUT2D eigenvalue weighted by Gasteiger charge is 2.63. The van der Waals surface area contributed by atoms with E-state index in [1.165, 1.54) is 11.3 Å². The molecule has 1 aromatic carbocycles. The molecule has 5 atom stereocenters. The lowest BCUT2D eigenvalue weighted by molar-refractivity contribution is -0.140. The summed E-state index contributed by atoms with van der Waals surface area (Å²) in [5, 5.41) is 8.49. The van der Waals surface area contributed by atoms with E-state index in [2.05, 4.69) is 20.3 Å². The summed E-state index contributed by atoms with van der Waals surface area (Å²) in [6.07, 6.45) is 6.84. The normalized spacial score (nSPS) is 28.7. The van der Waals surface area contributed by atoms with Gasteiger partial charge in [-0.3, -0.25) is 24.4 Å². The lowest BCUT2D eigenvalue weighted by atomic mass is 9.93. The van der Waals surface area contributed by atoms with Crippen LogP contribution in [-0.2, 0) is 35.6 Å². The Morgan fingerprint density at radius 3 is 2.63 bits per heavy atom. The minimum Gasteiger partial charge on any atom is -0.446 e. The number of aryl methyl sites for hydroxylation is 2. The van der Waals surface area contributed by atoms with Crippen LogP contribution >= 0.6 is 11.3 Å². The summed E-state index contributed by atoms with van der Waals surface area (Å²) in [6.45, 7) is 6.06. The number of nitrogens with zero attached hydrogens (tertiary/aromatic N) is 2. The molecule has 5 unspecified atom stereocenters. The highest BCUT2D eigenvalue weighted by Crippen LogP contribution is 2.48. The van der Waals surface area contributed by atoms with Crippen molar-refractivity contribution >= 4 is 50.9 Å². The molecule has 3 saturated carbocycles. The van der Waals surface area contributed by atoms with Gasteiger partial charge in [-0.15, -0.1) is 11.3 Å². The molecule has 49 heavy (non-hydrogen) atoms. The van der Waals surface area contributed by atoms with E-state index in [1.54, 1.807) is 18.9 Å². The van der Waals surface area contributed by atoms with Crippen molar-refractivity contribution in [3.63, 3.8) is 0 Å². The number of hydrogen-bond donors (Lipinski definition) is 3. The maximum Gasteiger partial charge on any atom is 0.411 e. The Bertz CT molecular complexity index is 1790. The van der Waals surface area contributed by atoms with Crippen molar-refractivity contribution in [3.8, 4) is 10.6 Å². The number of thiazole rings is 1. The van der Waals surface area contributed by atoms with Crippen molar-refractivity contribution < 1.29 is 32.3 Å². The fourth-order valence-corrected chi connectivity index (χ4v) is 9.08. The molecule has 0 spiro atoms. The van der Waals surface area contributed by atoms with E-state index in [1.807, 2.05) is 49.6 Å². The second-order valence-corrected chi connectivity index (χ2v) is 17.3. The summed E-state index contributed by atoms with van der Waals surface area (Å²) in [4.78, 5) is 61.0. The van der Waals surface area contributed by atoms with E-state index in [4.69, 9.17) is 4.74 Å². The molecule has 2 heterocycles. The molecule has 1 aliphatic heterocycles. The van der Waals surface area contributed by atoms with E-state index < -0.39 is 56.2 Å². The first kappa shape index (κ1) is 35.1. The minimum atomic E-state index is -3.93. The molecule has 14 heteroatoms. The molecule has 264 valence electrons. The van der Waals surface area contributed by atoms with Crippen LogP contribution in [0.1, 0.15) is 76.5 Å². The Balaban J connectivity index is 1.21. The molecule has 3 aliphatic carbocycles. The van der Waals surface area contributed by atoms with Crippen LogP contribution in [0.5, 0.6) is 0 Å². The smallest absolute Gasteiger partial charge is 0.411 e. The third-order valence-corrected chi connectivity index (χ3v) is 13.5. The van der Waals surface area contributed by atoms with Gasteiger partial charge in [0.15, 0.2) is 0 Å². The Morgan fingerprint density at radius 1 is 1.16 bits per heavy atom. The van der Waals surface area contributed by atoms with Crippen molar-refractivity contribution in [2.75, 3.05) is 18.9 Å². The zero-order valence-corrected chi connectivity index (χ0v) is 30.0. The van der Waals surface area contributed by atoms with E-state index >= 15 is 0 Å². The van der Waals surface area contributed by atoms with Crippen molar-refractivity contribution in [1.82, 2.24) is 19.9 Å². The number of ether oxygens (including phenoxy) is 1. The van der Waals surface area contributed by atoms with E-state index in [9.17, 15) is 27.6 Å². The lowest BCUT2D eigenvalue weighted by Crippen LogP contribution is -2.55. The van der Waals surface area contributed by atoms with E-state index in [0.717, 1.165) is 47.5 Å². The quantitative estimate of drug-likeness (QED) is 0.348. The maximum atomic E-state index is 14.0. The number of amides is 4. The van der Waals surface area contributed by atoms with Crippen LogP contribution < -0.4 is 15.4 Å². The summed E-state index contributed by atoms with van der Waals surface area (Å²) in [5.41, 5.74) is 1.76. The van der Waals surface area contributed by atoms with Gasteiger partial charge in [-0.2, -0.15) is 0 Å². The van der Waals surface area contributed by atoms with Gasteiger partial charge in [-0.25, -0.2) is 18.2 Å². The zero-order chi connectivity index (χ0) is 35.1. The first-order valence-electron chi connectivity index (χ1n) is 17.1. The number of rotatable bonds is 7. The second-order valence-electron chi connectivity index (χ2n) is 14.2. The highest BCUT2D eigenvalue weighted by atomic mass is 32.2. The topological polar surface area (TPSA) is 164 Å². The summed E-state index contributed by atoms with van der Waals surface area (Å²) < 4.78 is 33.1. The van der Waals surface area contributed by atoms with Crippen LogP contribution in [0.4, 0.5) is 10.5 Å². The summed E-state index contributed by atoms with van der Waals surface area (Å²) in [7, 11) is -2.23. The first-order valence-corrected chi connectivity index (χ1v) is 19.4. The van der Waals surface area contributed by atoms with Crippen LogP contribution in [0, 0.1) is 24.7 Å². The van der Waals surface area contributed by atoms with Crippen LogP contribution in [0.2, 0.25) is 0 Å². The van der Waals surface area contributed by atoms with Gasteiger partial charge in [-0.05, 0) is 89.3 Å². The SMILES string of the molecule is CCc1csc(-c2ccc(C)cc2NC(=O)OC2CC3C(=O)NC4(C(=O)NS(=O)(=O)C5(C)CC5)CC4/C=C/CCCCN(C)C(=O)C3C2)n1. The molecular formula is C35H45N5O7S2. The fourth-order valence-electron chi connectivity index (χ4n) is 6.82. The third kappa shape index (κ3) is 7.26. The van der Waals surface area contributed by atoms with Gasteiger partial charge in [0.05, 0.1) is 28.0 Å². The maximum absolute atomic E-state index is 14.0. The van der Waals surface area contributed by atoms with Gasteiger partial charge in [0.1, 0.15) is 16.7 Å². The van der Waals surface area contributed by atoms with Gasteiger partial charge in [-0.1, -0.05) is 25.1 Å². The number of carbonyl (C=O) groups is 4. The van der Waals surface area contributed by atoms with Crippen LogP contribution in [-0.4, -0.2) is 72.1 Å². The fraction of sp³-hybridized carbons (Fsp3) is 0.571. The highest BCUT2D eigenvalue weighted by molar-refractivity contribution is 7.91. The molecule has 3 fully saturated rings. The Kier molecular flexibility index (Phi) is 9.66. The van der Waals surface area contributed by atoms with Gasteiger partial charge in [0, 0.05) is 30.5 Å². The van der Waals surface area contributed by atoms with E-state index in [-0.39, 0.29) is 31.1 Å². The predicted molar refractivity (Wildman–Crippen MR) is 186 cm³/mol. The molecule has 0 radical (unpaired) electrons. The van der Waals surface area contributed by atoms with Gasteiger partial charge >= 0.3 is 6.09 Å². The van der Waals surface area contributed by atoms with Crippen molar-refractivity contribution in [3.05, 3.63) is 47.0 Å². The molecule has 12 nitrogen and oxygen atoms in total. The molecule has 0 bridgehead atoms. The summed E-state index contributed by atoms with van der Waals surface area (Å²) in [5.74, 6) is -3.59. The molecule has 1 aromatic heterocycles. The molecule has 4 amide bonds. The number of aromatic nitrogens is 1. The number of anilines is 1. The average Bonchev–Trinajstić information content (AvgIpc) is 3.83. The average molecular weight is 712 g/mol. The predicted octanol–water partition coefficient (Wildman–Crippen LogP) is 4.70. The number of fused-ring (bicyclic) bond motifs is 2. The van der Waals surface area contributed by atoms with Crippen LogP contribution in [0.15, 0.2) is 35.7 Å². The standard InChI is InChI=1S/C35H45N5O7S2/c1-5-23-20-48-30(36-23)25-12-11-21(2)16-28(25)37-33(44)47-24-17-26-27(18-24)31(42)40(4)15-9-7-6-8-10-22-19-35(22,38-29(26)41)32(43)39-49(45,46)34(3)13-14-34/h8,10-12,16,20,22,24,26-27H,5-7,9,13-15,17-19H2,1-4H3,(H,37,44)(H,38,41)(H,39,43)/b10-8+. The Labute approximate surface area is 291 Å². The second kappa shape index (κ2) is 13.5. The Hall–Kier alpha value is -3.78. The van der Waals surface area contributed by atoms with Gasteiger partial charge in [0.2, 0.25) is 21.8 Å². The number of carbonyl (C=O) groups excluding carboxylic acids is 4.